The molecule has 0 aliphatic carbocycles. The van der Waals surface area contributed by atoms with Crippen LogP contribution in [-0.4, -0.2) is 19.1 Å². The summed E-state index contributed by atoms with van der Waals surface area (Å²) >= 11 is 5.79. The van der Waals surface area contributed by atoms with Gasteiger partial charge in [-0.2, -0.15) is 0 Å². The molecule has 2 heterocycles. The number of hydrogen-bond acceptors (Lipinski definition) is 3. The predicted molar refractivity (Wildman–Crippen MR) is 98.2 cm³/mol. The van der Waals surface area contributed by atoms with E-state index in [0.717, 1.165) is 22.8 Å². The van der Waals surface area contributed by atoms with E-state index in [4.69, 9.17) is 11.6 Å². The molecule has 0 fully saturated rings. The van der Waals surface area contributed by atoms with Gasteiger partial charge in [-0.25, -0.2) is 23.1 Å². The van der Waals surface area contributed by atoms with Gasteiger partial charge in [0.25, 0.3) is 5.56 Å². The molecule has 0 radical (unpaired) electrons. The molecule has 2 aromatic carbocycles. The van der Waals surface area contributed by atoms with Crippen LogP contribution in [0.15, 0.2) is 47.5 Å². The first-order chi connectivity index (χ1) is 13.3. The first-order valence-electron chi connectivity index (χ1n) is 8.17. The Morgan fingerprint density at radius 2 is 1.82 bits per heavy atom. The van der Waals surface area contributed by atoms with Crippen LogP contribution in [0.3, 0.4) is 0 Å². The van der Waals surface area contributed by atoms with Crippen LogP contribution < -0.4 is 5.56 Å². The molecule has 28 heavy (non-hydrogen) atoms. The van der Waals surface area contributed by atoms with E-state index in [1.807, 2.05) is 0 Å². The Kier molecular flexibility index (Phi) is 4.43. The SMILES string of the molecule is Cn1cnc2c(=O)n(-c3ccc(F)c(F)c3)c(Cc3ccc(Cl)cc3F)nc21. The number of hydrogen-bond donors (Lipinski definition) is 0. The lowest BCUT2D eigenvalue weighted by molar-refractivity contribution is 0.507. The third kappa shape index (κ3) is 3.05. The van der Waals surface area contributed by atoms with Crippen molar-refractivity contribution in [3.8, 4) is 5.69 Å². The van der Waals surface area contributed by atoms with E-state index in [0.29, 0.717) is 5.65 Å². The fourth-order valence-corrected chi connectivity index (χ4v) is 3.11. The highest BCUT2D eigenvalue weighted by atomic mass is 35.5. The van der Waals surface area contributed by atoms with Gasteiger partial charge >= 0.3 is 0 Å². The zero-order chi connectivity index (χ0) is 20.0. The summed E-state index contributed by atoms with van der Waals surface area (Å²) in [7, 11) is 1.66. The smallest absolute Gasteiger partial charge is 0.286 e. The summed E-state index contributed by atoms with van der Waals surface area (Å²) in [6.07, 6.45) is 1.35. The number of aryl methyl sites for hydroxylation is 1. The molecule has 0 aliphatic rings. The van der Waals surface area contributed by atoms with Crippen molar-refractivity contribution in [2.24, 2.45) is 7.05 Å². The molecule has 0 saturated heterocycles. The second kappa shape index (κ2) is 6.79. The molecule has 0 unspecified atom stereocenters. The minimum Gasteiger partial charge on any atom is -0.318 e. The predicted octanol–water partition coefficient (Wildman–Crippen LogP) is 3.78. The molecule has 0 spiro atoms. The first-order valence-corrected chi connectivity index (χ1v) is 8.55. The summed E-state index contributed by atoms with van der Waals surface area (Å²) in [5.74, 6) is -2.58. The Hall–Kier alpha value is -3.13. The lowest BCUT2D eigenvalue weighted by Crippen LogP contribution is -2.25. The number of nitrogens with zero attached hydrogens (tertiary/aromatic N) is 4. The molecular formula is C19H12ClF3N4O. The zero-order valence-corrected chi connectivity index (χ0v) is 15.2. The molecule has 4 aromatic rings. The van der Waals surface area contributed by atoms with Gasteiger partial charge < -0.3 is 4.57 Å². The van der Waals surface area contributed by atoms with Gasteiger partial charge in [0.2, 0.25) is 0 Å². The van der Waals surface area contributed by atoms with Crippen LogP contribution in [0.4, 0.5) is 13.2 Å². The highest BCUT2D eigenvalue weighted by Crippen LogP contribution is 2.20. The van der Waals surface area contributed by atoms with Crippen LogP contribution in [0.1, 0.15) is 11.4 Å². The Morgan fingerprint density at radius 1 is 1.04 bits per heavy atom. The van der Waals surface area contributed by atoms with Gasteiger partial charge in [-0.05, 0) is 29.8 Å². The molecule has 0 amide bonds. The standard InChI is InChI=1S/C19H12ClF3N4O/c1-26-9-24-17-18(26)25-16(6-10-2-3-11(20)7-14(10)22)27(19(17)28)12-4-5-13(21)15(23)8-12/h2-5,7-9H,6H2,1H3. The Labute approximate surface area is 161 Å². The minimum atomic E-state index is -1.12. The summed E-state index contributed by atoms with van der Waals surface area (Å²) < 4.78 is 44.1. The number of halogens is 4. The molecule has 0 aliphatic heterocycles. The lowest BCUT2D eigenvalue weighted by Gasteiger charge is -2.13. The van der Waals surface area contributed by atoms with Gasteiger partial charge in [-0.3, -0.25) is 9.36 Å². The Morgan fingerprint density at radius 3 is 2.54 bits per heavy atom. The second-order valence-corrected chi connectivity index (χ2v) is 6.64. The van der Waals surface area contributed by atoms with E-state index in [9.17, 15) is 18.0 Å². The van der Waals surface area contributed by atoms with Crippen LogP contribution in [0.2, 0.25) is 5.02 Å². The zero-order valence-electron chi connectivity index (χ0n) is 14.5. The number of fused-ring (bicyclic) bond motifs is 1. The van der Waals surface area contributed by atoms with Gasteiger partial charge in [0.05, 0.1) is 12.0 Å². The molecule has 4 rings (SSSR count). The van der Waals surface area contributed by atoms with E-state index < -0.39 is 23.0 Å². The number of rotatable bonds is 3. The monoisotopic (exact) mass is 404 g/mol. The Bertz CT molecular complexity index is 1280. The van der Waals surface area contributed by atoms with Gasteiger partial charge in [0, 0.05) is 24.6 Å². The minimum absolute atomic E-state index is 0.0626. The summed E-state index contributed by atoms with van der Waals surface area (Å²) in [5.41, 5.74) is 0.101. The molecule has 0 atom stereocenters. The van der Waals surface area contributed by atoms with Crippen molar-refractivity contribution in [2.75, 3.05) is 0 Å². The third-order valence-electron chi connectivity index (χ3n) is 4.33. The van der Waals surface area contributed by atoms with E-state index in [-0.39, 0.29) is 34.0 Å². The lowest BCUT2D eigenvalue weighted by atomic mass is 10.1. The molecule has 9 heteroatoms. The van der Waals surface area contributed by atoms with Crippen LogP contribution in [-0.2, 0) is 13.5 Å². The molecule has 0 bridgehead atoms. The fraction of sp³-hybridized carbons (Fsp3) is 0.105. The average molecular weight is 405 g/mol. The summed E-state index contributed by atoms with van der Waals surface area (Å²) in [4.78, 5) is 21.5. The van der Waals surface area contributed by atoms with Crippen LogP contribution in [0.25, 0.3) is 16.9 Å². The summed E-state index contributed by atoms with van der Waals surface area (Å²) in [6, 6.07) is 7.19. The molecule has 0 N–H and O–H groups in total. The topological polar surface area (TPSA) is 52.7 Å². The summed E-state index contributed by atoms with van der Waals surface area (Å²) in [5, 5.41) is 0.231. The van der Waals surface area contributed by atoms with Crippen molar-refractivity contribution in [1.82, 2.24) is 19.1 Å². The number of benzene rings is 2. The van der Waals surface area contributed by atoms with Gasteiger partial charge in [-0.1, -0.05) is 17.7 Å². The van der Waals surface area contributed by atoms with E-state index >= 15 is 0 Å². The average Bonchev–Trinajstić information content (AvgIpc) is 3.02. The maximum atomic E-state index is 14.3. The highest BCUT2D eigenvalue weighted by molar-refractivity contribution is 6.30. The van der Waals surface area contributed by atoms with E-state index in [1.165, 1.54) is 24.5 Å². The van der Waals surface area contributed by atoms with Crippen molar-refractivity contribution >= 4 is 22.8 Å². The van der Waals surface area contributed by atoms with Crippen molar-refractivity contribution in [1.29, 1.82) is 0 Å². The van der Waals surface area contributed by atoms with Crippen LogP contribution in [0, 0.1) is 17.5 Å². The van der Waals surface area contributed by atoms with E-state index in [1.54, 1.807) is 11.6 Å². The third-order valence-corrected chi connectivity index (χ3v) is 4.56. The van der Waals surface area contributed by atoms with Crippen molar-refractivity contribution in [2.45, 2.75) is 6.42 Å². The highest BCUT2D eigenvalue weighted by Gasteiger charge is 2.18. The molecule has 2 aromatic heterocycles. The normalized spacial score (nSPS) is 11.3. The van der Waals surface area contributed by atoms with Crippen molar-refractivity contribution in [3.63, 3.8) is 0 Å². The molecule has 0 saturated carbocycles. The van der Waals surface area contributed by atoms with Crippen molar-refractivity contribution in [3.05, 3.63) is 86.9 Å². The molecule has 142 valence electrons. The fourth-order valence-electron chi connectivity index (χ4n) is 2.95. The largest absolute Gasteiger partial charge is 0.318 e. The van der Waals surface area contributed by atoms with Gasteiger partial charge in [0.15, 0.2) is 22.8 Å². The maximum Gasteiger partial charge on any atom is 0.286 e. The summed E-state index contributed by atoms with van der Waals surface area (Å²) in [6.45, 7) is 0. The first kappa shape index (κ1) is 18.2. The number of imidazole rings is 1. The van der Waals surface area contributed by atoms with Gasteiger partial charge in [-0.15, -0.1) is 0 Å². The van der Waals surface area contributed by atoms with E-state index in [2.05, 4.69) is 9.97 Å². The van der Waals surface area contributed by atoms with Crippen LogP contribution in [0.5, 0.6) is 0 Å². The molecular weight excluding hydrogens is 393 g/mol. The maximum absolute atomic E-state index is 14.3. The quantitative estimate of drug-likeness (QED) is 0.522. The van der Waals surface area contributed by atoms with Gasteiger partial charge in [0.1, 0.15) is 11.6 Å². The van der Waals surface area contributed by atoms with Crippen molar-refractivity contribution < 1.29 is 13.2 Å². The Balaban J connectivity index is 1.98. The molecule has 5 nitrogen and oxygen atoms in total. The van der Waals surface area contributed by atoms with Crippen LogP contribution >= 0.6 is 11.6 Å². The number of aromatic nitrogens is 4. The second-order valence-electron chi connectivity index (χ2n) is 6.21.